The molecule has 0 radical (unpaired) electrons. The fourth-order valence-electron chi connectivity index (χ4n) is 2.96. The summed E-state index contributed by atoms with van der Waals surface area (Å²) in [6, 6.07) is 17.3. The Hall–Kier alpha value is -2.24. The Balaban J connectivity index is 1.77. The maximum atomic E-state index is 12.5. The summed E-state index contributed by atoms with van der Waals surface area (Å²) in [5.74, 6) is 1.23. The summed E-state index contributed by atoms with van der Waals surface area (Å²) in [5.41, 5.74) is 2.53. The summed E-state index contributed by atoms with van der Waals surface area (Å²) in [5, 5.41) is 1.26. The van der Waals surface area contributed by atoms with Crippen LogP contribution >= 0.6 is 23.4 Å². The molecule has 1 saturated heterocycles. The minimum absolute atomic E-state index is 0.0596. The van der Waals surface area contributed by atoms with Crippen LogP contribution in [0.25, 0.3) is 10.9 Å². The van der Waals surface area contributed by atoms with Crippen molar-refractivity contribution in [1.82, 2.24) is 4.98 Å². The van der Waals surface area contributed by atoms with Gasteiger partial charge in [0.1, 0.15) is 16.3 Å². The van der Waals surface area contributed by atoms with Crippen molar-refractivity contribution < 1.29 is 9.53 Å². The van der Waals surface area contributed by atoms with Crippen LogP contribution in [0.3, 0.4) is 0 Å². The number of para-hydroxylation sites is 1. The van der Waals surface area contributed by atoms with Crippen LogP contribution in [0.4, 0.5) is 5.69 Å². The number of aromatic nitrogens is 1. The molecule has 3 aromatic rings. The molecule has 0 aliphatic carbocycles. The van der Waals surface area contributed by atoms with Crippen molar-refractivity contribution in [2.45, 2.75) is 5.37 Å². The van der Waals surface area contributed by atoms with E-state index in [0.29, 0.717) is 10.9 Å². The quantitative estimate of drug-likeness (QED) is 0.628. The normalized spacial score (nSPS) is 17.3. The number of amides is 1. The Kier molecular flexibility index (Phi) is 4.27. The molecule has 1 unspecified atom stereocenters. The molecule has 6 heteroatoms. The second kappa shape index (κ2) is 6.58. The third kappa shape index (κ3) is 2.94. The molecule has 2 aromatic carbocycles. The van der Waals surface area contributed by atoms with E-state index in [4.69, 9.17) is 16.3 Å². The number of fused-ring (bicyclic) bond motifs is 1. The largest absolute Gasteiger partial charge is 0.497 e. The maximum Gasteiger partial charge on any atom is 0.238 e. The number of rotatable bonds is 3. The lowest BCUT2D eigenvalue weighted by molar-refractivity contribution is -0.115. The minimum atomic E-state index is -0.189. The van der Waals surface area contributed by atoms with E-state index in [0.717, 1.165) is 27.9 Å². The molecule has 0 bridgehead atoms. The third-order valence-corrected chi connectivity index (χ3v) is 5.69. The highest BCUT2D eigenvalue weighted by molar-refractivity contribution is 8.00. The molecule has 126 valence electrons. The molecule has 0 spiro atoms. The molecule has 1 fully saturated rings. The first-order valence-corrected chi connectivity index (χ1v) is 9.23. The van der Waals surface area contributed by atoms with E-state index in [1.165, 1.54) is 0 Å². The zero-order valence-corrected chi connectivity index (χ0v) is 15.1. The van der Waals surface area contributed by atoms with E-state index in [1.54, 1.807) is 23.8 Å². The van der Waals surface area contributed by atoms with Crippen LogP contribution in [-0.2, 0) is 4.79 Å². The molecular weight excluding hydrogens is 356 g/mol. The molecule has 1 aromatic heterocycles. The molecule has 4 nitrogen and oxygen atoms in total. The van der Waals surface area contributed by atoms with Crippen molar-refractivity contribution in [2.75, 3.05) is 17.8 Å². The van der Waals surface area contributed by atoms with E-state index >= 15 is 0 Å². The van der Waals surface area contributed by atoms with Crippen LogP contribution in [0.2, 0.25) is 5.15 Å². The molecule has 0 N–H and O–H groups in total. The maximum absolute atomic E-state index is 12.5. The van der Waals surface area contributed by atoms with Crippen molar-refractivity contribution >= 4 is 45.9 Å². The molecule has 0 saturated carbocycles. The summed E-state index contributed by atoms with van der Waals surface area (Å²) in [6.07, 6.45) is 0. The van der Waals surface area contributed by atoms with Gasteiger partial charge in [-0.05, 0) is 36.4 Å². The van der Waals surface area contributed by atoms with Crippen molar-refractivity contribution in [3.8, 4) is 5.75 Å². The Morgan fingerprint density at radius 1 is 1.20 bits per heavy atom. The smallest absolute Gasteiger partial charge is 0.238 e. The number of pyridine rings is 1. The first-order valence-electron chi connectivity index (χ1n) is 7.80. The molecule has 1 aliphatic rings. The summed E-state index contributed by atoms with van der Waals surface area (Å²) in [7, 11) is 1.62. The van der Waals surface area contributed by atoms with Crippen molar-refractivity contribution in [3.05, 3.63) is 65.3 Å². The van der Waals surface area contributed by atoms with Gasteiger partial charge in [0.2, 0.25) is 5.91 Å². The zero-order valence-electron chi connectivity index (χ0n) is 13.5. The van der Waals surface area contributed by atoms with Gasteiger partial charge in [-0.1, -0.05) is 29.8 Å². The number of ether oxygens (including phenoxy) is 1. The number of nitrogens with zero attached hydrogens (tertiary/aromatic N) is 2. The molecule has 25 heavy (non-hydrogen) atoms. The molecule has 1 atom stereocenters. The molecule has 2 heterocycles. The van der Waals surface area contributed by atoms with Crippen LogP contribution in [0.15, 0.2) is 54.6 Å². The summed E-state index contributed by atoms with van der Waals surface area (Å²) in [6.45, 7) is 0. The first kappa shape index (κ1) is 16.2. The number of halogens is 1. The summed E-state index contributed by atoms with van der Waals surface area (Å²) < 4.78 is 5.20. The number of hydrogen-bond acceptors (Lipinski definition) is 4. The summed E-state index contributed by atoms with van der Waals surface area (Å²) >= 11 is 8.01. The predicted molar refractivity (Wildman–Crippen MR) is 102 cm³/mol. The topological polar surface area (TPSA) is 42.4 Å². The standard InChI is InChI=1S/C19H15ClN2O2S/c1-24-14-8-6-13(7-9-14)22-17(23)11-25-19(22)15-10-12-4-2-3-5-16(12)21-18(15)20/h2-10,19H,11H2,1H3. The SMILES string of the molecule is COc1ccc(N2C(=O)CSC2c2cc3ccccc3nc2Cl)cc1. The average Bonchev–Trinajstić information content (AvgIpc) is 3.02. The van der Waals surface area contributed by atoms with Crippen LogP contribution in [-0.4, -0.2) is 23.8 Å². The minimum Gasteiger partial charge on any atom is -0.497 e. The lowest BCUT2D eigenvalue weighted by Crippen LogP contribution is -2.28. The van der Waals surface area contributed by atoms with Gasteiger partial charge >= 0.3 is 0 Å². The first-order chi connectivity index (χ1) is 12.2. The van der Waals surface area contributed by atoms with Gasteiger partial charge in [-0.15, -0.1) is 11.8 Å². The van der Waals surface area contributed by atoms with Gasteiger partial charge in [0.05, 0.1) is 18.4 Å². The van der Waals surface area contributed by atoms with Crippen molar-refractivity contribution in [3.63, 3.8) is 0 Å². The van der Waals surface area contributed by atoms with Gasteiger partial charge in [0, 0.05) is 16.6 Å². The van der Waals surface area contributed by atoms with E-state index in [-0.39, 0.29) is 11.3 Å². The molecule has 1 amide bonds. The third-order valence-electron chi connectivity index (χ3n) is 4.19. The van der Waals surface area contributed by atoms with Gasteiger partial charge in [-0.25, -0.2) is 4.98 Å². The second-order valence-corrected chi connectivity index (χ2v) is 7.11. The van der Waals surface area contributed by atoms with Crippen molar-refractivity contribution in [2.24, 2.45) is 0 Å². The van der Waals surface area contributed by atoms with E-state index in [1.807, 2.05) is 54.6 Å². The highest BCUT2D eigenvalue weighted by atomic mass is 35.5. The van der Waals surface area contributed by atoms with Gasteiger partial charge in [-0.3, -0.25) is 9.69 Å². The predicted octanol–water partition coefficient (Wildman–Crippen LogP) is 4.68. The molecule has 1 aliphatic heterocycles. The molecule has 4 rings (SSSR count). The highest BCUT2D eigenvalue weighted by Gasteiger charge is 2.35. The second-order valence-electron chi connectivity index (χ2n) is 5.69. The van der Waals surface area contributed by atoms with Gasteiger partial charge in [0.15, 0.2) is 0 Å². The summed E-state index contributed by atoms with van der Waals surface area (Å²) in [4.78, 5) is 18.8. The Morgan fingerprint density at radius 2 is 1.96 bits per heavy atom. The van der Waals surface area contributed by atoms with Crippen LogP contribution in [0.1, 0.15) is 10.9 Å². The Morgan fingerprint density at radius 3 is 2.72 bits per heavy atom. The fourth-order valence-corrected chi connectivity index (χ4v) is 4.46. The Bertz CT molecular complexity index is 946. The van der Waals surface area contributed by atoms with Crippen LogP contribution in [0.5, 0.6) is 5.75 Å². The van der Waals surface area contributed by atoms with Gasteiger partial charge in [0.25, 0.3) is 0 Å². The number of anilines is 1. The van der Waals surface area contributed by atoms with Gasteiger partial charge < -0.3 is 4.74 Å². The number of hydrogen-bond donors (Lipinski definition) is 0. The number of methoxy groups -OCH3 is 1. The Labute approximate surface area is 154 Å². The highest BCUT2D eigenvalue weighted by Crippen LogP contribution is 2.44. The number of carbonyl (C=O) groups excluding carboxylic acids is 1. The monoisotopic (exact) mass is 370 g/mol. The lowest BCUT2D eigenvalue weighted by Gasteiger charge is -2.25. The van der Waals surface area contributed by atoms with E-state index in [2.05, 4.69) is 4.98 Å². The van der Waals surface area contributed by atoms with Crippen LogP contribution in [0, 0.1) is 0 Å². The number of carbonyl (C=O) groups is 1. The van der Waals surface area contributed by atoms with E-state index < -0.39 is 0 Å². The number of benzene rings is 2. The number of thioether (sulfide) groups is 1. The molecular formula is C19H15ClN2O2S. The lowest BCUT2D eigenvalue weighted by atomic mass is 10.1. The van der Waals surface area contributed by atoms with Crippen molar-refractivity contribution in [1.29, 1.82) is 0 Å². The van der Waals surface area contributed by atoms with Gasteiger partial charge in [-0.2, -0.15) is 0 Å². The van der Waals surface area contributed by atoms with Crippen LogP contribution < -0.4 is 9.64 Å². The zero-order chi connectivity index (χ0) is 17.4. The van der Waals surface area contributed by atoms with E-state index in [9.17, 15) is 4.79 Å². The fraction of sp³-hybridized carbons (Fsp3) is 0.158. The average molecular weight is 371 g/mol.